The Balaban J connectivity index is 2.18. The maximum Gasteiger partial charge on any atom is 0.244 e. The van der Waals surface area contributed by atoms with Crippen LogP contribution >= 0.6 is 0 Å². The fraction of sp³-hybridized carbons (Fsp3) is 0.250. The molecule has 0 saturated heterocycles. The molecule has 0 atom stereocenters. The van der Waals surface area contributed by atoms with Gasteiger partial charge in [-0.2, -0.15) is 0 Å². The summed E-state index contributed by atoms with van der Waals surface area (Å²) in [7, 11) is 1.94. The summed E-state index contributed by atoms with van der Waals surface area (Å²) in [5, 5.41) is 9.06. The quantitative estimate of drug-likeness (QED) is 0.736. The van der Waals surface area contributed by atoms with E-state index in [1.54, 1.807) is 0 Å². The molecule has 15 heavy (non-hydrogen) atoms. The first-order chi connectivity index (χ1) is 7.29. The number of aromatic nitrogens is 2. The Hall–Kier alpha value is -1.61. The molecule has 1 N–H and O–H groups in total. The van der Waals surface area contributed by atoms with E-state index in [1.807, 2.05) is 42.3 Å². The average Bonchev–Trinajstić information content (AvgIpc) is 2.60. The minimum Gasteiger partial charge on any atom is -0.388 e. The maximum atomic E-state index is 9.06. The highest BCUT2D eigenvalue weighted by atomic mass is 16.3. The first kappa shape index (κ1) is 9.93. The highest BCUT2D eigenvalue weighted by molar-refractivity contribution is 5.13. The Labute approximate surface area is 89.2 Å². The van der Waals surface area contributed by atoms with Gasteiger partial charge in [-0.3, -0.25) is 0 Å². The molecule has 2 aromatic rings. The Morgan fingerprint density at radius 2 is 2.00 bits per heavy atom. The molecule has 1 aromatic carbocycles. The molecule has 0 fully saturated rings. The van der Waals surface area contributed by atoms with E-state index < -0.39 is 0 Å². The second-order valence-corrected chi connectivity index (χ2v) is 3.66. The predicted octanol–water partition coefficient (Wildman–Crippen LogP) is 0.853. The summed E-state index contributed by atoms with van der Waals surface area (Å²) in [4.78, 5) is 0. The number of hydrogen-bond acceptors (Lipinski definition) is 1. The van der Waals surface area contributed by atoms with Crippen molar-refractivity contribution in [3.8, 4) is 0 Å². The van der Waals surface area contributed by atoms with Crippen molar-refractivity contribution in [3.05, 3.63) is 54.1 Å². The van der Waals surface area contributed by atoms with E-state index in [0.29, 0.717) is 0 Å². The Bertz CT molecular complexity index is 434. The maximum absolute atomic E-state index is 9.06. The smallest absolute Gasteiger partial charge is 0.244 e. The van der Waals surface area contributed by atoms with Gasteiger partial charge in [0.15, 0.2) is 5.69 Å². The van der Waals surface area contributed by atoms with Crippen molar-refractivity contribution in [1.82, 2.24) is 4.57 Å². The lowest BCUT2D eigenvalue weighted by Crippen LogP contribution is -2.31. The molecule has 0 saturated carbocycles. The Kier molecular flexibility index (Phi) is 2.83. The first-order valence-corrected chi connectivity index (χ1v) is 4.98. The molecule has 0 radical (unpaired) electrons. The van der Waals surface area contributed by atoms with Crippen LogP contribution in [0.5, 0.6) is 0 Å². The number of hydrogen-bond donors (Lipinski definition) is 1. The minimum absolute atomic E-state index is 0.0816. The van der Waals surface area contributed by atoms with Gasteiger partial charge in [0.1, 0.15) is 19.3 Å². The lowest BCUT2D eigenvalue weighted by molar-refractivity contribution is -0.688. The molecule has 78 valence electrons. The van der Waals surface area contributed by atoms with Gasteiger partial charge in [-0.25, -0.2) is 9.13 Å². The highest BCUT2D eigenvalue weighted by Gasteiger charge is 2.08. The van der Waals surface area contributed by atoms with Crippen LogP contribution in [0.4, 0.5) is 0 Å². The molecule has 0 aliphatic rings. The topological polar surface area (TPSA) is 29.0 Å². The normalized spacial score (nSPS) is 10.5. The van der Waals surface area contributed by atoms with E-state index in [9.17, 15) is 0 Å². The molecule has 1 heterocycles. The molecule has 2 rings (SSSR count). The summed E-state index contributed by atoms with van der Waals surface area (Å²) < 4.78 is 4.00. The molecule has 0 spiro atoms. The number of aliphatic hydroxyl groups is 1. The molecule has 0 bridgehead atoms. The summed E-state index contributed by atoms with van der Waals surface area (Å²) in [5.41, 5.74) is 2.18. The van der Waals surface area contributed by atoms with E-state index >= 15 is 0 Å². The van der Waals surface area contributed by atoms with Crippen molar-refractivity contribution < 1.29 is 9.67 Å². The summed E-state index contributed by atoms with van der Waals surface area (Å²) in [6.45, 7) is 0.924. The van der Waals surface area contributed by atoms with Crippen molar-refractivity contribution in [3.63, 3.8) is 0 Å². The number of aryl methyl sites for hydroxylation is 1. The van der Waals surface area contributed by atoms with Gasteiger partial charge in [-0.1, -0.05) is 30.3 Å². The van der Waals surface area contributed by atoms with Gasteiger partial charge in [-0.15, -0.1) is 0 Å². The summed E-state index contributed by atoms with van der Waals surface area (Å²) >= 11 is 0. The van der Waals surface area contributed by atoms with Crippen LogP contribution in [0.25, 0.3) is 0 Å². The zero-order valence-corrected chi connectivity index (χ0v) is 8.80. The molecule has 3 heteroatoms. The van der Waals surface area contributed by atoms with Gasteiger partial charge < -0.3 is 5.11 Å². The van der Waals surface area contributed by atoms with Gasteiger partial charge in [0, 0.05) is 0 Å². The number of benzene rings is 1. The van der Waals surface area contributed by atoms with E-state index in [1.165, 1.54) is 5.56 Å². The molecular weight excluding hydrogens is 188 g/mol. The van der Waals surface area contributed by atoms with Gasteiger partial charge in [-0.05, 0) is 5.56 Å². The van der Waals surface area contributed by atoms with Crippen LogP contribution in [0, 0.1) is 0 Å². The lowest BCUT2D eigenvalue weighted by Gasteiger charge is -1.95. The average molecular weight is 203 g/mol. The van der Waals surface area contributed by atoms with Crippen LogP contribution in [-0.2, 0) is 20.2 Å². The monoisotopic (exact) mass is 203 g/mol. The molecule has 0 unspecified atom stereocenters. The van der Waals surface area contributed by atoms with Gasteiger partial charge in [0.2, 0.25) is 6.33 Å². The fourth-order valence-corrected chi connectivity index (χ4v) is 1.65. The third kappa shape index (κ3) is 2.25. The predicted molar refractivity (Wildman–Crippen MR) is 57.1 cm³/mol. The number of nitrogens with zero attached hydrogens (tertiary/aromatic N) is 2. The van der Waals surface area contributed by atoms with Crippen LogP contribution in [0.3, 0.4) is 0 Å². The van der Waals surface area contributed by atoms with E-state index in [-0.39, 0.29) is 6.61 Å². The third-order valence-electron chi connectivity index (χ3n) is 2.46. The van der Waals surface area contributed by atoms with E-state index in [4.69, 9.17) is 5.11 Å². The Morgan fingerprint density at radius 3 is 2.60 bits per heavy atom. The fourth-order valence-electron chi connectivity index (χ4n) is 1.65. The minimum atomic E-state index is 0.0816. The van der Waals surface area contributed by atoms with Crippen LogP contribution in [0.15, 0.2) is 42.9 Å². The molecule has 0 aliphatic heterocycles. The summed E-state index contributed by atoms with van der Waals surface area (Å²) in [6.07, 6.45) is 3.95. The first-order valence-electron chi connectivity index (χ1n) is 4.98. The molecule has 0 aliphatic carbocycles. The third-order valence-corrected chi connectivity index (χ3v) is 2.46. The van der Waals surface area contributed by atoms with Crippen LogP contribution in [0.1, 0.15) is 11.3 Å². The van der Waals surface area contributed by atoms with Crippen LogP contribution < -0.4 is 4.57 Å². The molecule has 0 amide bonds. The lowest BCUT2D eigenvalue weighted by atomic mass is 10.2. The number of imidazole rings is 1. The summed E-state index contributed by atoms with van der Waals surface area (Å²) in [5.74, 6) is 0. The van der Waals surface area contributed by atoms with Crippen molar-refractivity contribution in [2.24, 2.45) is 7.05 Å². The van der Waals surface area contributed by atoms with Gasteiger partial charge in [0.05, 0.1) is 7.05 Å². The zero-order chi connectivity index (χ0) is 10.7. The molecule has 3 nitrogen and oxygen atoms in total. The van der Waals surface area contributed by atoms with E-state index in [2.05, 4.69) is 16.7 Å². The van der Waals surface area contributed by atoms with Crippen molar-refractivity contribution in [1.29, 1.82) is 0 Å². The van der Waals surface area contributed by atoms with Gasteiger partial charge in [0.25, 0.3) is 0 Å². The second-order valence-electron chi connectivity index (χ2n) is 3.66. The van der Waals surface area contributed by atoms with Gasteiger partial charge >= 0.3 is 0 Å². The summed E-state index contributed by atoms with van der Waals surface area (Å²) in [6, 6.07) is 10.3. The van der Waals surface area contributed by atoms with Crippen molar-refractivity contribution in [2.75, 3.05) is 0 Å². The molecular formula is C12H15N2O+. The number of rotatable bonds is 3. The Morgan fingerprint density at radius 1 is 1.27 bits per heavy atom. The number of aliphatic hydroxyl groups excluding tert-OH is 1. The van der Waals surface area contributed by atoms with Crippen LogP contribution in [-0.4, -0.2) is 9.67 Å². The largest absolute Gasteiger partial charge is 0.388 e. The van der Waals surface area contributed by atoms with E-state index in [0.717, 1.165) is 12.2 Å². The van der Waals surface area contributed by atoms with Crippen molar-refractivity contribution in [2.45, 2.75) is 13.2 Å². The molecule has 1 aromatic heterocycles. The van der Waals surface area contributed by atoms with Crippen LogP contribution in [0.2, 0.25) is 0 Å². The van der Waals surface area contributed by atoms with Crippen molar-refractivity contribution >= 4 is 0 Å². The zero-order valence-electron chi connectivity index (χ0n) is 8.80. The standard InChI is InChI=1S/C12H15N2O/c1-13-10-14(8-12(13)9-15)7-11-5-3-2-4-6-11/h2-6,8,10,15H,7,9H2,1H3/q+1. The highest BCUT2D eigenvalue weighted by Crippen LogP contribution is 1.99. The SMILES string of the molecule is Cn1c[n+](Cc2ccccc2)cc1CO. The second kappa shape index (κ2) is 4.28.